The number of likely N-dealkylation sites (tertiary alicyclic amines) is 1. The van der Waals surface area contributed by atoms with Gasteiger partial charge in [-0.1, -0.05) is 6.42 Å². The maximum absolute atomic E-state index is 12.5. The monoisotopic (exact) mass is 377 g/mol. The summed E-state index contributed by atoms with van der Waals surface area (Å²) >= 11 is 0. The number of hydrogen-bond acceptors (Lipinski definition) is 6. The Labute approximate surface area is 160 Å². The van der Waals surface area contributed by atoms with Crippen molar-refractivity contribution in [3.8, 4) is 0 Å². The SMILES string of the molecule is CN(C)c1ccc(C(=O)NC[C@@H]2O[C@@H](CO)[C@@H](O)[C@H]2N2CCCCC2)cc1. The van der Waals surface area contributed by atoms with Crippen molar-refractivity contribution in [1.29, 1.82) is 0 Å². The van der Waals surface area contributed by atoms with Crippen LogP contribution in [0.3, 0.4) is 0 Å². The minimum absolute atomic E-state index is 0.164. The van der Waals surface area contributed by atoms with Crippen LogP contribution in [-0.4, -0.2) is 85.7 Å². The van der Waals surface area contributed by atoms with E-state index in [4.69, 9.17) is 4.74 Å². The molecular weight excluding hydrogens is 346 g/mol. The summed E-state index contributed by atoms with van der Waals surface area (Å²) in [6.07, 6.45) is 1.73. The fraction of sp³-hybridized carbons (Fsp3) is 0.650. The van der Waals surface area contributed by atoms with E-state index in [0.29, 0.717) is 12.1 Å². The molecule has 27 heavy (non-hydrogen) atoms. The summed E-state index contributed by atoms with van der Waals surface area (Å²) in [5.41, 5.74) is 1.62. The standard InChI is InChI=1S/C20H31N3O4/c1-22(2)15-8-6-14(7-9-15)20(26)21-12-16-18(19(25)17(13-24)27-16)23-10-4-3-5-11-23/h6-9,16-19,24-25H,3-5,10-13H2,1-2H3,(H,21,26)/t16-,17-,18-,19+/m0/s1. The van der Waals surface area contributed by atoms with Crippen LogP contribution in [0, 0.1) is 0 Å². The van der Waals surface area contributed by atoms with Gasteiger partial charge in [-0.05, 0) is 50.2 Å². The molecule has 0 bridgehead atoms. The summed E-state index contributed by atoms with van der Waals surface area (Å²) < 4.78 is 5.86. The van der Waals surface area contributed by atoms with Gasteiger partial charge in [0.25, 0.3) is 5.91 Å². The molecule has 2 saturated heterocycles. The maximum Gasteiger partial charge on any atom is 0.251 e. The first-order valence-electron chi connectivity index (χ1n) is 9.75. The Balaban J connectivity index is 1.62. The van der Waals surface area contributed by atoms with Gasteiger partial charge in [0.15, 0.2) is 0 Å². The van der Waals surface area contributed by atoms with E-state index in [0.717, 1.165) is 31.6 Å². The molecule has 0 spiro atoms. The van der Waals surface area contributed by atoms with Crippen molar-refractivity contribution in [1.82, 2.24) is 10.2 Å². The molecule has 7 heteroatoms. The highest BCUT2D eigenvalue weighted by Gasteiger charge is 2.46. The average molecular weight is 377 g/mol. The van der Waals surface area contributed by atoms with E-state index >= 15 is 0 Å². The predicted molar refractivity (Wildman–Crippen MR) is 104 cm³/mol. The van der Waals surface area contributed by atoms with Crippen LogP contribution in [0.15, 0.2) is 24.3 Å². The molecule has 0 aromatic heterocycles. The molecule has 0 radical (unpaired) electrons. The van der Waals surface area contributed by atoms with Crippen molar-refractivity contribution in [3.63, 3.8) is 0 Å². The zero-order valence-corrected chi connectivity index (χ0v) is 16.2. The largest absolute Gasteiger partial charge is 0.394 e. The Morgan fingerprint density at radius 2 is 1.85 bits per heavy atom. The van der Waals surface area contributed by atoms with Crippen molar-refractivity contribution in [2.24, 2.45) is 0 Å². The lowest BCUT2D eigenvalue weighted by Crippen LogP contribution is -2.52. The second-order valence-electron chi connectivity index (χ2n) is 7.62. The lowest BCUT2D eigenvalue weighted by Gasteiger charge is -2.36. The van der Waals surface area contributed by atoms with Crippen LogP contribution in [-0.2, 0) is 4.74 Å². The van der Waals surface area contributed by atoms with Crippen molar-refractivity contribution >= 4 is 11.6 Å². The highest BCUT2D eigenvalue weighted by atomic mass is 16.5. The van der Waals surface area contributed by atoms with Crippen molar-refractivity contribution in [2.75, 3.05) is 45.2 Å². The lowest BCUT2D eigenvalue weighted by molar-refractivity contribution is -0.0209. The van der Waals surface area contributed by atoms with Crippen molar-refractivity contribution in [2.45, 2.75) is 43.6 Å². The second kappa shape index (κ2) is 9.01. The minimum Gasteiger partial charge on any atom is -0.394 e. The summed E-state index contributed by atoms with van der Waals surface area (Å²) in [5.74, 6) is -0.164. The predicted octanol–water partition coefficient (Wildman–Crippen LogP) is 0.458. The first kappa shape index (κ1) is 20.1. The molecule has 3 N–H and O–H groups in total. The number of piperidine rings is 1. The van der Waals surface area contributed by atoms with Crippen LogP contribution in [0.2, 0.25) is 0 Å². The van der Waals surface area contributed by atoms with E-state index in [1.165, 1.54) is 6.42 Å². The molecule has 0 unspecified atom stereocenters. The number of carbonyl (C=O) groups is 1. The van der Waals surface area contributed by atoms with E-state index in [9.17, 15) is 15.0 Å². The van der Waals surface area contributed by atoms with Gasteiger partial charge in [-0.3, -0.25) is 9.69 Å². The van der Waals surface area contributed by atoms with Crippen LogP contribution in [0.4, 0.5) is 5.69 Å². The number of amides is 1. The molecule has 1 aromatic rings. The minimum atomic E-state index is -0.741. The van der Waals surface area contributed by atoms with E-state index in [1.54, 1.807) is 12.1 Å². The van der Waals surface area contributed by atoms with E-state index in [-0.39, 0.29) is 24.7 Å². The molecule has 4 atom stereocenters. The first-order valence-corrected chi connectivity index (χ1v) is 9.75. The summed E-state index contributed by atoms with van der Waals surface area (Å²) in [6, 6.07) is 7.21. The van der Waals surface area contributed by atoms with Crippen LogP contribution in [0.1, 0.15) is 29.6 Å². The van der Waals surface area contributed by atoms with Gasteiger partial charge in [0.2, 0.25) is 0 Å². The van der Waals surface area contributed by atoms with Gasteiger partial charge in [-0.25, -0.2) is 0 Å². The van der Waals surface area contributed by atoms with Crippen molar-refractivity contribution in [3.05, 3.63) is 29.8 Å². The number of benzene rings is 1. The highest BCUT2D eigenvalue weighted by molar-refractivity contribution is 5.94. The number of anilines is 1. The van der Waals surface area contributed by atoms with Crippen LogP contribution in [0.25, 0.3) is 0 Å². The summed E-state index contributed by atoms with van der Waals surface area (Å²) in [4.78, 5) is 16.7. The average Bonchev–Trinajstić information content (AvgIpc) is 3.02. The molecular formula is C20H31N3O4. The van der Waals surface area contributed by atoms with Gasteiger partial charge in [-0.15, -0.1) is 0 Å². The highest BCUT2D eigenvalue weighted by Crippen LogP contribution is 2.28. The molecule has 2 heterocycles. The zero-order chi connectivity index (χ0) is 19.4. The molecule has 7 nitrogen and oxygen atoms in total. The molecule has 2 aliphatic heterocycles. The Hall–Kier alpha value is -1.67. The third kappa shape index (κ3) is 4.60. The van der Waals surface area contributed by atoms with Gasteiger partial charge in [0, 0.05) is 31.9 Å². The quantitative estimate of drug-likeness (QED) is 0.668. The van der Waals surface area contributed by atoms with Gasteiger partial charge >= 0.3 is 0 Å². The number of aliphatic hydroxyl groups excluding tert-OH is 2. The molecule has 2 aliphatic rings. The Bertz CT molecular complexity index is 616. The third-order valence-electron chi connectivity index (χ3n) is 5.56. The Morgan fingerprint density at radius 3 is 2.44 bits per heavy atom. The molecule has 0 saturated carbocycles. The number of rotatable bonds is 6. The van der Waals surface area contributed by atoms with Gasteiger partial charge in [0.05, 0.1) is 18.8 Å². The van der Waals surface area contributed by atoms with Gasteiger partial charge in [0.1, 0.15) is 12.2 Å². The Kier molecular flexibility index (Phi) is 6.70. The van der Waals surface area contributed by atoms with E-state index < -0.39 is 12.2 Å². The number of hydrogen-bond donors (Lipinski definition) is 3. The second-order valence-corrected chi connectivity index (χ2v) is 7.62. The molecule has 0 aliphatic carbocycles. The summed E-state index contributed by atoms with van der Waals surface area (Å²) in [7, 11) is 3.91. The maximum atomic E-state index is 12.5. The molecule has 3 rings (SSSR count). The van der Waals surface area contributed by atoms with Gasteiger partial charge < -0.3 is 25.2 Å². The Morgan fingerprint density at radius 1 is 1.19 bits per heavy atom. The molecule has 2 fully saturated rings. The fourth-order valence-corrected chi connectivity index (χ4v) is 4.02. The summed E-state index contributed by atoms with van der Waals surface area (Å²) in [5, 5.41) is 23.0. The van der Waals surface area contributed by atoms with Crippen LogP contribution >= 0.6 is 0 Å². The van der Waals surface area contributed by atoms with E-state index in [2.05, 4.69) is 10.2 Å². The normalized spacial score (nSPS) is 28.9. The number of nitrogens with zero attached hydrogens (tertiary/aromatic N) is 2. The number of aliphatic hydroxyl groups is 2. The topological polar surface area (TPSA) is 85.3 Å². The fourth-order valence-electron chi connectivity index (χ4n) is 4.02. The van der Waals surface area contributed by atoms with Crippen LogP contribution in [0.5, 0.6) is 0 Å². The summed E-state index contributed by atoms with van der Waals surface area (Å²) in [6.45, 7) is 1.92. The lowest BCUT2D eigenvalue weighted by atomic mass is 9.99. The first-order chi connectivity index (χ1) is 13.0. The van der Waals surface area contributed by atoms with Crippen molar-refractivity contribution < 1.29 is 19.7 Å². The zero-order valence-electron chi connectivity index (χ0n) is 16.2. The van der Waals surface area contributed by atoms with E-state index in [1.807, 2.05) is 31.1 Å². The number of ether oxygens (including phenoxy) is 1. The van der Waals surface area contributed by atoms with Gasteiger partial charge in [-0.2, -0.15) is 0 Å². The number of carbonyl (C=O) groups excluding carboxylic acids is 1. The smallest absolute Gasteiger partial charge is 0.251 e. The molecule has 150 valence electrons. The third-order valence-corrected chi connectivity index (χ3v) is 5.56. The number of nitrogens with one attached hydrogen (secondary N) is 1. The molecule has 1 aromatic carbocycles. The molecule has 1 amide bonds. The van der Waals surface area contributed by atoms with Crippen LogP contribution < -0.4 is 10.2 Å².